The first-order chi connectivity index (χ1) is 16.3. The predicted octanol–water partition coefficient (Wildman–Crippen LogP) is 2.64. The number of methoxy groups -OCH3 is 1. The summed E-state index contributed by atoms with van der Waals surface area (Å²) in [6, 6.07) is 8.58. The molecule has 8 nitrogen and oxygen atoms in total. The van der Waals surface area contributed by atoms with E-state index in [9.17, 15) is 4.79 Å². The number of piperidine rings is 3. The zero-order valence-electron chi connectivity index (χ0n) is 21.0. The second-order valence-corrected chi connectivity index (χ2v) is 11.1. The quantitative estimate of drug-likeness (QED) is 0.675. The zero-order chi connectivity index (χ0) is 23.9. The molecule has 1 aromatic carbocycles. The molecule has 0 aliphatic carbocycles. The average Bonchev–Trinajstić information content (AvgIpc) is 3.33. The number of aromatic nitrogens is 3. The van der Waals surface area contributed by atoms with E-state index < -0.39 is 0 Å². The van der Waals surface area contributed by atoms with Gasteiger partial charge in [0.05, 0.1) is 31.0 Å². The van der Waals surface area contributed by atoms with Crippen molar-refractivity contribution < 1.29 is 9.53 Å². The van der Waals surface area contributed by atoms with Crippen molar-refractivity contribution in [3.05, 3.63) is 36.2 Å². The fourth-order valence-electron chi connectivity index (χ4n) is 5.85. The first-order valence-corrected chi connectivity index (χ1v) is 12.6. The van der Waals surface area contributed by atoms with Crippen molar-refractivity contribution >= 4 is 11.6 Å². The van der Waals surface area contributed by atoms with E-state index in [1.54, 1.807) is 7.11 Å². The van der Waals surface area contributed by atoms with Gasteiger partial charge in [0.25, 0.3) is 0 Å². The van der Waals surface area contributed by atoms with Gasteiger partial charge in [-0.05, 0) is 37.4 Å². The molecular weight excluding hydrogens is 428 g/mol. The predicted molar refractivity (Wildman–Crippen MR) is 132 cm³/mol. The standard InChI is InChI=1S/C26H38N6O2/c1-26(2,3)24-18-32(28-27-24)16-20-15-19-9-10-31(20)17-21(19)25(33)30-13-11-29(12-14-30)22-7-5-6-8-23(22)34-4/h5-8,18-21H,9-17H2,1-4H3/t19-,20+,21-/m0/s1. The summed E-state index contributed by atoms with van der Waals surface area (Å²) in [7, 11) is 1.71. The lowest BCUT2D eigenvalue weighted by Crippen LogP contribution is -2.60. The Balaban J connectivity index is 1.17. The molecule has 4 fully saturated rings. The summed E-state index contributed by atoms with van der Waals surface area (Å²) in [5.41, 5.74) is 2.16. The number of rotatable bonds is 5. The lowest BCUT2D eigenvalue weighted by molar-refractivity contribution is -0.144. The summed E-state index contributed by atoms with van der Waals surface area (Å²) in [6.07, 6.45) is 4.29. The molecule has 184 valence electrons. The van der Waals surface area contributed by atoms with Gasteiger partial charge in [-0.15, -0.1) is 5.10 Å². The first kappa shape index (κ1) is 23.1. The molecule has 5 heterocycles. The van der Waals surface area contributed by atoms with Gasteiger partial charge in [0.15, 0.2) is 0 Å². The van der Waals surface area contributed by atoms with Crippen LogP contribution < -0.4 is 9.64 Å². The Morgan fingerprint density at radius 2 is 1.88 bits per heavy atom. The van der Waals surface area contributed by atoms with Crippen molar-refractivity contribution in [3.8, 4) is 5.75 Å². The molecule has 0 spiro atoms. The Bertz CT molecular complexity index is 1010. The lowest BCUT2D eigenvalue weighted by atomic mass is 9.75. The Morgan fingerprint density at radius 1 is 1.12 bits per heavy atom. The molecule has 1 unspecified atom stereocenters. The van der Waals surface area contributed by atoms with Crippen LogP contribution in [0.1, 0.15) is 39.3 Å². The van der Waals surface area contributed by atoms with Gasteiger partial charge in [-0.3, -0.25) is 14.4 Å². The van der Waals surface area contributed by atoms with Crippen molar-refractivity contribution in [3.63, 3.8) is 0 Å². The van der Waals surface area contributed by atoms with Crippen LogP contribution in [-0.2, 0) is 16.8 Å². The fraction of sp³-hybridized carbons (Fsp3) is 0.654. The highest BCUT2D eigenvalue weighted by Gasteiger charge is 2.45. The molecule has 0 saturated carbocycles. The van der Waals surface area contributed by atoms with Crippen molar-refractivity contribution in [2.24, 2.45) is 11.8 Å². The van der Waals surface area contributed by atoms with E-state index >= 15 is 0 Å². The number of carbonyl (C=O) groups excluding carboxylic acids is 1. The molecule has 8 heteroatoms. The molecule has 2 aromatic rings. The van der Waals surface area contributed by atoms with Crippen molar-refractivity contribution in [2.45, 2.75) is 51.6 Å². The molecule has 6 rings (SSSR count). The first-order valence-electron chi connectivity index (χ1n) is 12.6. The number of ether oxygens (including phenoxy) is 1. The smallest absolute Gasteiger partial charge is 0.227 e. The Labute approximate surface area is 202 Å². The molecular formula is C26H38N6O2. The fourth-order valence-corrected chi connectivity index (χ4v) is 5.85. The van der Waals surface area contributed by atoms with Crippen LogP contribution in [0, 0.1) is 11.8 Å². The maximum atomic E-state index is 13.5. The normalized spacial score (nSPS) is 27.2. The summed E-state index contributed by atoms with van der Waals surface area (Å²) in [6.45, 7) is 12.6. The summed E-state index contributed by atoms with van der Waals surface area (Å²) >= 11 is 0. The molecule has 4 aliphatic rings. The second kappa shape index (κ2) is 9.21. The largest absolute Gasteiger partial charge is 0.495 e. The highest BCUT2D eigenvalue weighted by Crippen LogP contribution is 2.38. The third-order valence-electron chi connectivity index (χ3n) is 7.92. The van der Waals surface area contributed by atoms with Gasteiger partial charge in [0, 0.05) is 50.4 Å². The molecule has 4 atom stereocenters. The summed E-state index contributed by atoms with van der Waals surface area (Å²) < 4.78 is 7.53. The van der Waals surface area contributed by atoms with Gasteiger partial charge in [-0.2, -0.15) is 0 Å². The van der Waals surface area contributed by atoms with Crippen molar-refractivity contribution in [1.82, 2.24) is 24.8 Å². The minimum absolute atomic E-state index is 0.0112. The number of piperazine rings is 1. The van der Waals surface area contributed by atoms with Gasteiger partial charge in [0.1, 0.15) is 5.75 Å². The highest BCUT2D eigenvalue weighted by molar-refractivity contribution is 5.80. The van der Waals surface area contributed by atoms with E-state index in [0.29, 0.717) is 17.9 Å². The van der Waals surface area contributed by atoms with E-state index in [1.807, 2.05) is 22.9 Å². The van der Waals surface area contributed by atoms with Gasteiger partial charge in [-0.25, -0.2) is 0 Å². The van der Waals surface area contributed by atoms with Gasteiger partial charge < -0.3 is 14.5 Å². The molecule has 0 radical (unpaired) electrons. The number of hydrogen-bond donors (Lipinski definition) is 0. The van der Waals surface area contributed by atoms with Gasteiger partial charge in [0.2, 0.25) is 5.91 Å². The molecule has 1 aromatic heterocycles. The molecule has 0 N–H and O–H groups in total. The van der Waals surface area contributed by atoms with Crippen LogP contribution in [0.15, 0.2) is 30.5 Å². The van der Waals surface area contributed by atoms with E-state index in [1.165, 1.54) is 0 Å². The summed E-state index contributed by atoms with van der Waals surface area (Å²) in [5, 5.41) is 8.76. The molecule has 4 aliphatic heterocycles. The summed E-state index contributed by atoms with van der Waals surface area (Å²) in [4.78, 5) is 20.5. The van der Waals surface area contributed by atoms with E-state index in [2.05, 4.69) is 58.0 Å². The number of para-hydroxylation sites is 2. The van der Waals surface area contributed by atoms with Crippen LogP contribution in [0.25, 0.3) is 0 Å². The van der Waals surface area contributed by atoms with Crippen LogP contribution in [0.4, 0.5) is 5.69 Å². The van der Waals surface area contributed by atoms with E-state index in [-0.39, 0.29) is 11.3 Å². The van der Waals surface area contributed by atoms with E-state index in [0.717, 1.165) is 75.8 Å². The van der Waals surface area contributed by atoms with Crippen LogP contribution in [0.3, 0.4) is 0 Å². The third-order valence-corrected chi connectivity index (χ3v) is 7.92. The maximum Gasteiger partial charge on any atom is 0.227 e. The SMILES string of the molecule is COc1ccccc1N1CCN(C(=O)[C@H]2CN3CC[C@H]2C[C@@H]3Cn2cc(C(C)(C)C)nn2)CC1. The van der Waals surface area contributed by atoms with Crippen LogP contribution in [0.5, 0.6) is 5.75 Å². The van der Waals surface area contributed by atoms with Crippen LogP contribution >= 0.6 is 0 Å². The Hall–Kier alpha value is -2.61. The molecule has 2 bridgehead atoms. The number of carbonyl (C=O) groups is 1. The van der Waals surface area contributed by atoms with Gasteiger partial charge in [-0.1, -0.05) is 38.1 Å². The van der Waals surface area contributed by atoms with Gasteiger partial charge >= 0.3 is 0 Å². The number of fused-ring (bicyclic) bond motifs is 3. The number of anilines is 1. The number of nitrogens with zero attached hydrogens (tertiary/aromatic N) is 6. The zero-order valence-corrected chi connectivity index (χ0v) is 21.0. The topological polar surface area (TPSA) is 66.7 Å². The average molecular weight is 467 g/mol. The monoisotopic (exact) mass is 466 g/mol. The molecule has 1 amide bonds. The van der Waals surface area contributed by atoms with Crippen molar-refractivity contribution in [2.75, 3.05) is 51.3 Å². The van der Waals surface area contributed by atoms with Crippen LogP contribution in [-0.4, -0.2) is 83.1 Å². The minimum atomic E-state index is 0.0112. The Morgan fingerprint density at radius 3 is 2.53 bits per heavy atom. The van der Waals surface area contributed by atoms with E-state index in [4.69, 9.17) is 4.74 Å². The number of benzene rings is 1. The van der Waals surface area contributed by atoms with Crippen LogP contribution in [0.2, 0.25) is 0 Å². The second-order valence-electron chi connectivity index (χ2n) is 11.1. The maximum absolute atomic E-state index is 13.5. The minimum Gasteiger partial charge on any atom is -0.495 e. The summed E-state index contributed by atoms with van der Waals surface area (Å²) in [5.74, 6) is 1.85. The highest BCUT2D eigenvalue weighted by atomic mass is 16.5. The van der Waals surface area contributed by atoms with Crippen molar-refractivity contribution in [1.29, 1.82) is 0 Å². The third kappa shape index (κ3) is 4.52. The lowest BCUT2D eigenvalue weighted by Gasteiger charge is -2.50. The number of amides is 1. The number of hydrogen-bond acceptors (Lipinski definition) is 6. The Kier molecular flexibility index (Phi) is 6.27. The molecule has 4 saturated heterocycles. The molecule has 34 heavy (non-hydrogen) atoms.